The van der Waals surface area contributed by atoms with Crippen molar-refractivity contribution in [3.05, 3.63) is 71.0 Å². The summed E-state index contributed by atoms with van der Waals surface area (Å²) in [5.41, 5.74) is 5.82. The van der Waals surface area contributed by atoms with Gasteiger partial charge in [0.25, 0.3) is 5.91 Å². The van der Waals surface area contributed by atoms with Crippen molar-refractivity contribution in [2.24, 2.45) is 5.73 Å². The molecule has 1 amide bonds. The van der Waals surface area contributed by atoms with Crippen LogP contribution in [0.15, 0.2) is 48.5 Å². The number of hydrogen-bond acceptors (Lipinski definition) is 2. The Balaban J connectivity index is 2.17. The molecule has 140 valence electrons. The van der Waals surface area contributed by atoms with E-state index in [2.05, 4.69) is 5.32 Å². The first-order valence-electron chi connectivity index (χ1n) is 8.21. The van der Waals surface area contributed by atoms with Crippen LogP contribution in [-0.4, -0.2) is 12.1 Å². The molecule has 7 heteroatoms. The third kappa shape index (κ3) is 5.05. The van der Waals surface area contributed by atoms with E-state index in [0.29, 0.717) is 6.42 Å². The summed E-state index contributed by atoms with van der Waals surface area (Å²) in [6, 6.07) is 9.94. The van der Waals surface area contributed by atoms with Crippen LogP contribution in [0.4, 0.5) is 17.6 Å². The summed E-state index contributed by atoms with van der Waals surface area (Å²) in [7, 11) is 0. The number of carbonyl (C=O) groups is 1. The first-order valence-corrected chi connectivity index (χ1v) is 8.21. The normalized spacial score (nSPS) is 13.9. The molecule has 2 atom stereocenters. The molecule has 2 rings (SSSR count). The van der Waals surface area contributed by atoms with Crippen molar-refractivity contribution < 1.29 is 22.4 Å². The molecule has 0 aliphatic rings. The smallest absolute Gasteiger partial charge is 0.336 e. The topological polar surface area (TPSA) is 55.1 Å². The van der Waals surface area contributed by atoms with E-state index in [9.17, 15) is 22.4 Å². The molecule has 0 fully saturated rings. The van der Waals surface area contributed by atoms with Gasteiger partial charge in [-0.2, -0.15) is 13.2 Å². The summed E-state index contributed by atoms with van der Waals surface area (Å²) in [6.07, 6.45) is -3.94. The lowest BCUT2D eigenvalue weighted by Crippen LogP contribution is -2.45. The molecule has 0 saturated heterocycles. The molecule has 2 aromatic carbocycles. The van der Waals surface area contributed by atoms with Crippen molar-refractivity contribution in [3.63, 3.8) is 0 Å². The van der Waals surface area contributed by atoms with Crippen LogP contribution in [0.3, 0.4) is 0 Å². The lowest BCUT2D eigenvalue weighted by atomic mass is 9.91. The minimum Gasteiger partial charge on any atom is -0.336 e. The molecule has 0 aliphatic heterocycles. The number of nitrogens with one attached hydrogen (secondary N) is 1. The van der Waals surface area contributed by atoms with Gasteiger partial charge in [-0.25, -0.2) is 4.39 Å². The molecular formula is C19H20F4N2O. The zero-order chi connectivity index (χ0) is 19.3. The molecule has 0 bridgehead atoms. The van der Waals surface area contributed by atoms with Crippen LogP contribution in [-0.2, 0) is 6.18 Å². The van der Waals surface area contributed by atoms with Crippen molar-refractivity contribution in [1.82, 2.24) is 5.32 Å². The number of hydrogen-bond donors (Lipinski definition) is 2. The summed E-state index contributed by atoms with van der Waals surface area (Å²) in [4.78, 5) is 12.3. The van der Waals surface area contributed by atoms with Gasteiger partial charge in [0.2, 0.25) is 0 Å². The van der Waals surface area contributed by atoms with Crippen molar-refractivity contribution in [2.75, 3.05) is 0 Å². The molecule has 0 aliphatic carbocycles. The van der Waals surface area contributed by atoms with Crippen molar-refractivity contribution in [1.29, 1.82) is 0 Å². The highest BCUT2D eigenvalue weighted by atomic mass is 19.4. The number of benzene rings is 2. The van der Waals surface area contributed by atoms with Crippen LogP contribution >= 0.6 is 0 Å². The summed E-state index contributed by atoms with van der Waals surface area (Å²) in [6.45, 7) is 1.94. The van der Waals surface area contributed by atoms with Gasteiger partial charge in [-0.05, 0) is 42.3 Å². The summed E-state index contributed by atoms with van der Waals surface area (Å²) in [5, 5.41) is 2.55. The fourth-order valence-electron chi connectivity index (χ4n) is 2.75. The Morgan fingerprint density at radius 2 is 1.81 bits per heavy atom. The Hall–Kier alpha value is -2.41. The van der Waals surface area contributed by atoms with Gasteiger partial charge < -0.3 is 11.1 Å². The minimum atomic E-state index is -4.53. The average Bonchev–Trinajstić information content (AvgIpc) is 2.60. The SMILES string of the molecule is CCCC(c1ccc(F)cc1)C(N)NC(=O)c1cccc(C(F)(F)F)c1. The highest BCUT2D eigenvalue weighted by Crippen LogP contribution is 2.29. The standard InChI is InChI=1S/C19H20F4N2O/c1-2-4-16(12-7-9-15(20)10-8-12)17(24)25-18(26)13-5-3-6-14(11-13)19(21,22)23/h3,5-11,16-17H,2,4,24H2,1H3,(H,25,26). The van der Waals surface area contributed by atoms with Crippen LogP contribution in [0.2, 0.25) is 0 Å². The van der Waals surface area contributed by atoms with Crippen LogP contribution < -0.4 is 11.1 Å². The van der Waals surface area contributed by atoms with Crippen molar-refractivity contribution in [3.8, 4) is 0 Å². The second-order valence-corrected chi connectivity index (χ2v) is 6.02. The predicted molar refractivity (Wildman–Crippen MR) is 90.9 cm³/mol. The molecule has 0 spiro atoms. The first kappa shape index (κ1) is 19.9. The summed E-state index contributed by atoms with van der Waals surface area (Å²) >= 11 is 0. The van der Waals surface area contributed by atoms with E-state index >= 15 is 0 Å². The number of nitrogens with two attached hydrogens (primary N) is 1. The Morgan fingerprint density at radius 1 is 1.15 bits per heavy atom. The molecular weight excluding hydrogens is 348 g/mol. The molecule has 3 N–H and O–H groups in total. The third-order valence-electron chi connectivity index (χ3n) is 4.08. The molecule has 2 unspecified atom stereocenters. The Kier molecular flexibility index (Phi) is 6.37. The van der Waals surface area contributed by atoms with E-state index in [0.717, 1.165) is 24.1 Å². The Morgan fingerprint density at radius 3 is 2.38 bits per heavy atom. The molecule has 3 nitrogen and oxygen atoms in total. The van der Waals surface area contributed by atoms with E-state index in [1.54, 1.807) is 12.1 Å². The fraction of sp³-hybridized carbons (Fsp3) is 0.316. The lowest BCUT2D eigenvalue weighted by Gasteiger charge is -2.25. The Labute approximate surface area is 149 Å². The van der Waals surface area contributed by atoms with E-state index in [1.807, 2.05) is 6.92 Å². The molecule has 2 aromatic rings. The highest BCUT2D eigenvalue weighted by molar-refractivity contribution is 5.94. The maximum atomic E-state index is 13.1. The van der Waals surface area contributed by atoms with Crippen LogP contribution in [0.5, 0.6) is 0 Å². The Bertz CT molecular complexity index is 744. The zero-order valence-corrected chi connectivity index (χ0v) is 14.2. The number of amides is 1. The minimum absolute atomic E-state index is 0.121. The third-order valence-corrected chi connectivity index (χ3v) is 4.08. The quantitative estimate of drug-likeness (QED) is 0.585. The number of carbonyl (C=O) groups excluding carboxylic acids is 1. The van der Waals surface area contributed by atoms with Gasteiger partial charge in [-0.15, -0.1) is 0 Å². The second kappa shape index (κ2) is 8.31. The van der Waals surface area contributed by atoms with E-state index in [4.69, 9.17) is 5.73 Å². The monoisotopic (exact) mass is 368 g/mol. The number of rotatable bonds is 6. The molecule has 0 heterocycles. The molecule has 0 saturated carbocycles. The van der Waals surface area contributed by atoms with Crippen LogP contribution in [0.25, 0.3) is 0 Å². The van der Waals surface area contributed by atoms with E-state index < -0.39 is 23.8 Å². The largest absolute Gasteiger partial charge is 0.416 e. The molecule has 26 heavy (non-hydrogen) atoms. The van der Waals surface area contributed by atoms with Gasteiger partial charge >= 0.3 is 6.18 Å². The van der Waals surface area contributed by atoms with Gasteiger partial charge in [-0.3, -0.25) is 4.79 Å². The van der Waals surface area contributed by atoms with Crippen molar-refractivity contribution in [2.45, 2.75) is 38.0 Å². The summed E-state index contributed by atoms with van der Waals surface area (Å²) in [5.74, 6) is -1.35. The zero-order valence-electron chi connectivity index (χ0n) is 14.2. The van der Waals surface area contributed by atoms with Gasteiger partial charge in [0.1, 0.15) is 5.82 Å². The van der Waals surface area contributed by atoms with Crippen molar-refractivity contribution >= 4 is 5.91 Å². The first-order chi connectivity index (χ1) is 12.2. The number of halogens is 4. The van der Waals surface area contributed by atoms with Crippen LogP contribution in [0.1, 0.15) is 47.2 Å². The average molecular weight is 368 g/mol. The van der Waals surface area contributed by atoms with Gasteiger partial charge in [0.15, 0.2) is 0 Å². The predicted octanol–water partition coefficient (Wildman–Crippen LogP) is 4.44. The summed E-state index contributed by atoms with van der Waals surface area (Å²) < 4.78 is 51.5. The van der Waals surface area contributed by atoms with E-state index in [1.165, 1.54) is 24.3 Å². The van der Waals surface area contributed by atoms with E-state index in [-0.39, 0.29) is 17.3 Å². The second-order valence-electron chi connectivity index (χ2n) is 6.02. The molecule has 0 radical (unpaired) electrons. The van der Waals surface area contributed by atoms with Gasteiger partial charge in [-0.1, -0.05) is 31.5 Å². The maximum absolute atomic E-state index is 13.1. The number of alkyl halides is 3. The maximum Gasteiger partial charge on any atom is 0.416 e. The van der Waals surface area contributed by atoms with Crippen LogP contribution in [0, 0.1) is 5.82 Å². The highest BCUT2D eigenvalue weighted by Gasteiger charge is 2.31. The lowest BCUT2D eigenvalue weighted by molar-refractivity contribution is -0.137. The van der Waals surface area contributed by atoms with Gasteiger partial charge in [0.05, 0.1) is 11.7 Å². The van der Waals surface area contributed by atoms with Gasteiger partial charge in [0, 0.05) is 11.5 Å². The fourth-order valence-corrected chi connectivity index (χ4v) is 2.75. The molecule has 0 aromatic heterocycles.